The van der Waals surface area contributed by atoms with Crippen LogP contribution in [0.15, 0.2) is 21.9 Å². The maximum atomic E-state index is 12.8. The topological polar surface area (TPSA) is 79.8 Å². The van der Waals surface area contributed by atoms with Crippen molar-refractivity contribution in [3.8, 4) is 11.5 Å². The Hall–Kier alpha value is -2.67. The number of H-pyrrole nitrogens is 1. The number of hydrogen-bond acceptors (Lipinski definition) is 6. The number of aromatic nitrogens is 2. The normalized spacial score (nSPS) is 16.9. The minimum Gasteiger partial charge on any atom is -0.497 e. The Balaban J connectivity index is 1.57. The SMILES string of the molecule is COc1cc(C)c(CN2CCc3nc(C4=NCCCC4)[nH]c(=O)c3C2)c(OC)c1. The number of nitrogens with one attached hydrogen (secondary N) is 1. The predicted octanol–water partition coefficient (Wildman–Crippen LogP) is 2.63. The van der Waals surface area contributed by atoms with E-state index in [0.717, 1.165) is 78.4 Å². The second-order valence-electron chi connectivity index (χ2n) is 7.71. The first kappa shape index (κ1) is 19.6. The van der Waals surface area contributed by atoms with Crippen LogP contribution < -0.4 is 15.0 Å². The van der Waals surface area contributed by atoms with E-state index in [4.69, 9.17) is 14.5 Å². The number of nitrogens with zero attached hydrogens (tertiary/aromatic N) is 3. The van der Waals surface area contributed by atoms with Gasteiger partial charge in [-0.05, 0) is 37.8 Å². The molecule has 0 amide bonds. The molecule has 0 fully saturated rings. The number of aliphatic imine (C=N–C) groups is 1. The maximum Gasteiger partial charge on any atom is 0.255 e. The van der Waals surface area contributed by atoms with E-state index < -0.39 is 0 Å². The highest BCUT2D eigenvalue weighted by atomic mass is 16.5. The molecule has 0 bridgehead atoms. The van der Waals surface area contributed by atoms with E-state index in [2.05, 4.69) is 21.8 Å². The third kappa shape index (κ3) is 4.05. The average Bonchev–Trinajstić information content (AvgIpc) is 2.75. The monoisotopic (exact) mass is 396 g/mol. The van der Waals surface area contributed by atoms with Crippen LogP contribution in [-0.2, 0) is 19.5 Å². The summed E-state index contributed by atoms with van der Waals surface area (Å²) in [6.07, 6.45) is 3.87. The van der Waals surface area contributed by atoms with Crippen LogP contribution in [0.3, 0.4) is 0 Å². The van der Waals surface area contributed by atoms with E-state index in [1.54, 1.807) is 14.2 Å². The molecule has 7 nitrogen and oxygen atoms in total. The predicted molar refractivity (Wildman–Crippen MR) is 112 cm³/mol. The van der Waals surface area contributed by atoms with Crippen LogP contribution in [0, 0.1) is 6.92 Å². The minimum absolute atomic E-state index is 0.0404. The van der Waals surface area contributed by atoms with Crippen molar-refractivity contribution in [1.29, 1.82) is 0 Å². The first-order valence-corrected chi connectivity index (χ1v) is 10.2. The van der Waals surface area contributed by atoms with Crippen molar-refractivity contribution in [2.75, 3.05) is 27.3 Å². The van der Waals surface area contributed by atoms with Gasteiger partial charge in [0.25, 0.3) is 5.56 Å². The van der Waals surface area contributed by atoms with Crippen molar-refractivity contribution in [2.24, 2.45) is 4.99 Å². The number of fused-ring (bicyclic) bond motifs is 1. The summed E-state index contributed by atoms with van der Waals surface area (Å²) < 4.78 is 10.9. The van der Waals surface area contributed by atoms with E-state index in [1.165, 1.54) is 0 Å². The highest BCUT2D eigenvalue weighted by molar-refractivity contribution is 5.97. The molecule has 2 aliphatic heterocycles. The lowest BCUT2D eigenvalue weighted by Crippen LogP contribution is -2.36. The van der Waals surface area contributed by atoms with Crippen LogP contribution in [0.5, 0.6) is 11.5 Å². The Bertz CT molecular complexity index is 996. The van der Waals surface area contributed by atoms with Crippen molar-refractivity contribution in [3.05, 3.63) is 50.7 Å². The van der Waals surface area contributed by atoms with Gasteiger partial charge in [0.2, 0.25) is 0 Å². The molecule has 154 valence electrons. The fourth-order valence-electron chi connectivity index (χ4n) is 4.12. The molecule has 0 saturated carbocycles. The molecular weight excluding hydrogens is 368 g/mol. The van der Waals surface area contributed by atoms with Gasteiger partial charge in [0.05, 0.1) is 31.2 Å². The Labute approximate surface area is 170 Å². The van der Waals surface area contributed by atoms with Crippen LogP contribution in [0.2, 0.25) is 0 Å². The minimum atomic E-state index is -0.0404. The van der Waals surface area contributed by atoms with Crippen LogP contribution in [0.1, 0.15) is 47.5 Å². The largest absolute Gasteiger partial charge is 0.497 e. The molecule has 2 aromatic rings. The van der Waals surface area contributed by atoms with Gasteiger partial charge in [-0.2, -0.15) is 0 Å². The second-order valence-corrected chi connectivity index (χ2v) is 7.71. The molecule has 7 heteroatoms. The number of methoxy groups -OCH3 is 2. The van der Waals surface area contributed by atoms with Gasteiger partial charge >= 0.3 is 0 Å². The lowest BCUT2D eigenvalue weighted by molar-refractivity contribution is 0.237. The zero-order chi connectivity index (χ0) is 20.4. The number of aromatic amines is 1. The Morgan fingerprint density at radius 2 is 2.03 bits per heavy atom. The third-order valence-corrected chi connectivity index (χ3v) is 5.79. The van der Waals surface area contributed by atoms with Crippen molar-refractivity contribution in [3.63, 3.8) is 0 Å². The Kier molecular flexibility index (Phi) is 5.67. The first-order valence-electron chi connectivity index (χ1n) is 10.2. The van der Waals surface area contributed by atoms with E-state index >= 15 is 0 Å². The summed E-state index contributed by atoms with van der Waals surface area (Å²) in [7, 11) is 3.33. The van der Waals surface area contributed by atoms with Gasteiger partial charge in [0.1, 0.15) is 11.5 Å². The van der Waals surface area contributed by atoms with Crippen molar-refractivity contribution in [2.45, 2.75) is 45.7 Å². The Morgan fingerprint density at radius 3 is 2.76 bits per heavy atom. The van der Waals surface area contributed by atoms with Gasteiger partial charge < -0.3 is 14.5 Å². The zero-order valence-corrected chi connectivity index (χ0v) is 17.4. The highest BCUT2D eigenvalue weighted by Crippen LogP contribution is 2.30. The van der Waals surface area contributed by atoms with Gasteiger partial charge in [0.15, 0.2) is 5.82 Å². The molecule has 2 aliphatic rings. The van der Waals surface area contributed by atoms with Gasteiger partial charge in [-0.1, -0.05) is 0 Å². The smallest absolute Gasteiger partial charge is 0.255 e. The van der Waals surface area contributed by atoms with Crippen LogP contribution in [-0.4, -0.2) is 47.9 Å². The molecule has 29 heavy (non-hydrogen) atoms. The molecule has 1 N–H and O–H groups in total. The van der Waals surface area contributed by atoms with E-state index in [9.17, 15) is 4.79 Å². The maximum absolute atomic E-state index is 12.8. The lowest BCUT2D eigenvalue weighted by atomic mass is 10.0. The Morgan fingerprint density at radius 1 is 1.17 bits per heavy atom. The van der Waals surface area contributed by atoms with E-state index in [-0.39, 0.29) is 5.56 Å². The number of aryl methyl sites for hydroxylation is 1. The third-order valence-electron chi connectivity index (χ3n) is 5.79. The lowest BCUT2D eigenvalue weighted by Gasteiger charge is -2.29. The van der Waals surface area contributed by atoms with Gasteiger partial charge in [-0.3, -0.25) is 14.7 Å². The van der Waals surface area contributed by atoms with Gasteiger partial charge in [-0.25, -0.2) is 4.98 Å². The average molecular weight is 396 g/mol. The summed E-state index contributed by atoms with van der Waals surface area (Å²) in [6, 6.07) is 3.92. The summed E-state index contributed by atoms with van der Waals surface area (Å²) >= 11 is 0. The molecule has 0 atom stereocenters. The molecule has 0 radical (unpaired) electrons. The van der Waals surface area contributed by atoms with Crippen molar-refractivity contribution in [1.82, 2.24) is 14.9 Å². The molecule has 1 aromatic heterocycles. The highest BCUT2D eigenvalue weighted by Gasteiger charge is 2.24. The number of ether oxygens (including phenoxy) is 2. The fraction of sp³-hybridized carbons (Fsp3) is 0.500. The number of benzene rings is 1. The summed E-state index contributed by atoms with van der Waals surface area (Å²) in [5.41, 5.74) is 4.81. The van der Waals surface area contributed by atoms with Crippen LogP contribution >= 0.6 is 0 Å². The van der Waals surface area contributed by atoms with Crippen LogP contribution in [0.25, 0.3) is 0 Å². The first-order chi connectivity index (χ1) is 14.1. The van der Waals surface area contributed by atoms with Crippen molar-refractivity contribution >= 4 is 5.71 Å². The van der Waals surface area contributed by atoms with E-state index in [0.29, 0.717) is 18.9 Å². The molecule has 0 aliphatic carbocycles. The van der Waals surface area contributed by atoms with Gasteiger partial charge in [0, 0.05) is 44.2 Å². The quantitative estimate of drug-likeness (QED) is 0.840. The molecule has 0 spiro atoms. The number of hydrogen-bond donors (Lipinski definition) is 1. The fourth-order valence-corrected chi connectivity index (χ4v) is 4.12. The zero-order valence-electron chi connectivity index (χ0n) is 17.4. The van der Waals surface area contributed by atoms with Crippen molar-refractivity contribution < 1.29 is 9.47 Å². The van der Waals surface area contributed by atoms with Gasteiger partial charge in [-0.15, -0.1) is 0 Å². The molecular formula is C22H28N4O3. The summed E-state index contributed by atoms with van der Waals surface area (Å²) in [6.45, 7) is 5.03. The van der Waals surface area contributed by atoms with E-state index in [1.807, 2.05) is 12.1 Å². The molecule has 0 unspecified atom stereocenters. The molecule has 0 saturated heterocycles. The second kappa shape index (κ2) is 8.37. The molecule has 3 heterocycles. The van der Waals surface area contributed by atoms with Crippen LogP contribution in [0.4, 0.5) is 0 Å². The number of rotatable bonds is 5. The standard InChI is InChI=1S/C22H28N4O3/c1-14-10-15(28-2)11-20(29-3)16(14)12-26-9-7-18-17(13-26)22(27)25-21(24-18)19-6-4-5-8-23-19/h10-11H,4-9,12-13H2,1-3H3,(H,24,25,27). The molecule has 4 rings (SSSR count). The summed E-state index contributed by atoms with van der Waals surface area (Å²) in [4.78, 5) is 27.3. The molecule has 1 aromatic carbocycles. The summed E-state index contributed by atoms with van der Waals surface area (Å²) in [5.74, 6) is 2.26. The summed E-state index contributed by atoms with van der Waals surface area (Å²) in [5, 5.41) is 0.